The molecule has 0 aliphatic rings. The van der Waals surface area contributed by atoms with Crippen LogP contribution in [0.25, 0.3) is 11.0 Å². The van der Waals surface area contributed by atoms with E-state index in [1.54, 1.807) is 0 Å². The zero-order chi connectivity index (χ0) is 19.6. The van der Waals surface area contributed by atoms with Crippen LogP contribution in [0, 0.1) is 18.6 Å². The van der Waals surface area contributed by atoms with Gasteiger partial charge in [0.25, 0.3) is 5.91 Å². The molecule has 1 amide bonds. The average Bonchev–Trinajstić information content (AvgIpc) is 2.99. The summed E-state index contributed by atoms with van der Waals surface area (Å²) in [6.45, 7) is 3.33. The first-order valence-corrected chi connectivity index (χ1v) is 8.25. The Morgan fingerprint density at radius 2 is 1.93 bits per heavy atom. The van der Waals surface area contributed by atoms with Gasteiger partial charge in [-0.15, -0.1) is 0 Å². The lowest BCUT2D eigenvalue weighted by molar-refractivity contribution is -0.152. The second-order valence-electron chi connectivity index (χ2n) is 6.19. The molecule has 0 fully saturated rings. The number of carbonyl (C=O) groups excluding carboxylic acids is 2. The van der Waals surface area contributed by atoms with Crippen LogP contribution in [0.4, 0.5) is 14.5 Å². The number of hydrogen-bond donors (Lipinski definition) is 1. The van der Waals surface area contributed by atoms with Crippen molar-refractivity contribution in [1.82, 2.24) is 0 Å². The largest absolute Gasteiger partial charge is 0.464 e. The lowest BCUT2D eigenvalue weighted by Crippen LogP contribution is -2.30. The fourth-order valence-electron chi connectivity index (χ4n) is 2.59. The fraction of sp³-hybridized carbons (Fsp3) is 0.200. The number of aryl methyl sites for hydroxylation is 1. The summed E-state index contributed by atoms with van der Waals surface area (Å²) < 4.78 is 36.7. The number of halogens is 2. The summed E-state index contributed by atoms with van der Waals surface area (Å²) in [6.07, 6.45) is 0.321. The van der Waals surface area contributed by atoms with Crippen molar-refractivity contribution in [3.63, 3.8) is 0 Å². The summed E-state index contributed by atoms with van der Waals surface area (Å²) in [5, 5.41) is 3.17. The van der Waals surface area contributed by atoms with Gasteiger partial charge in [0.1, 0.15) is 5.58 Å². The topological polar surface area (TPSA) is 68.5 Å². The van der Waals surface area contributed by atoms with Crippen molar-refractivity contribution >= 4 is 28.5 Å². The quantitative estimate of drug-likeness (QED) is 0.683. The molecule has 0 aliphatic carbocycles. The van der Waals surface area contributed by atoms with Crippen molar-refractivity contribution in [2.75, 3.05) is 5.32 Å². The Balaban J connectivity index is 1.60. The molecular formula is C20H17F2NO4. The highest BCUT2D eigenvalue weighted by atomic mass is 19.2. The SMILES string of the molecule is Cc1ccc2c(CC(=O)O[C@H](C)C(=O)Nc3ccc(F)c(F)c3)coc2c1. The molecule has 1 atom stereocenters. The van der Waals surface area contributed by atoms with Crippen molar-refractivity contribution in [2.24, 2.45) is 0 Å². The van der Waals surface area contributed by atoms with Crippen molar-refractivity contribution in [3.8, 4) is 0 Å². The van der Waals surface area contributed by atoms with Crippen LogP contribution < -0.4 is 5.32 Å². The maximum atomic E-state index is 13.2. The minimum absolute atomic E-state index is 0.0567. The van der Waals surface area contributed by atoms with Gasteiger partial charge in [-0.05, 0) is 37.6 Å². The second-order valence-corrected chi connectivity index (χ2v) is 6.19. The normalized spacial score (nSPS) is 12.0. The molecule has 1 aromatic heterocycles. The van der Waals surface area contributed by atoms with Gasteiger partial charge in [0.15, 0.2) is 17.7 Å². The molecule has 3 rings (SSSR count). The molecule has 0 unspecified atom stereocenters. The molecule has 7 heteroatoms. The molecule has 0 spiro atoms. The molecule has 0 aliphatic heterocycles. The van der Waals surface area contributed by atoms with Gasteiger partial charge in [0.05, 0.1) is 12.7 Å². The summed E-state index contributed by atoms with van der Waals surface area (Å²) in [4.78, 5) is 24.2. The lowest BCUT2D eigenvalue weighted by atomic mass is 10.1. The molecule has 27 heavy (non-hydrogen) atoms. The van der Waals surface area contributed by atoms with E-state index in [4.69, 9.17) is 9.15 Å². The number of ether oxygens (including phenoxy) is 1. The highest BCUT2D eigenvalue weighted by Crippen LogP contribution is 2.23. The Bertz CT molecular complexity index is 1010. The Labute approximate surface area is 153 Å². The molecule has 5 nitrogen and oxygen atoms in total. The molecule has 140 valence electrons. The lowest BCUT2D eigenvalue weighted by Gasteiger charge is -2.13. The van der Waals surface area contributed by atoms with E-state index in [1.165, 1.54) is 19.3 Å². The molecule has 0 bridgehead atoms. The standard InChI is InChI=1S/C20H17F2NO4/c1-11-3-5-15-13(10-26-18(15)7-11)8-19(24)27-12(2)20(25)23-14-4-6-16(21)17(22)9-14/h3-7,9-10,12H,8H2,1-2H3,(H,23,25)/t12-/m1/s1. The number of furan rings is 1. The molecule has 3 aromatic rings. The van der Waals surface area contributed by atoms with Gasteiger partial charge < -0.3 is 14.5 Å². The molecule has 0 saturated carbocycles. The van der Waals surface area contributed by atoms with E-state index in [0.29, 0.717) is 11.1 Å². The van der Waals surface area contributed by atoms with Crippen LogP contribution in [-0.2, 0) is 20.7 Å². The highest BCUT2D eigenvalue weighted by Gasteiger charge is 2.20. The summed E-state index contributed by atoms with van der Waals surface area (Å²) in [7, 11) is 0. The molecule has 0 radical (unpaired) electrons. The zero-order valence-corrected chi connectivity index (χ0v) is 14.7. The minimum atomic E-state index is -1.11. The van der Waals surface area contributed by atoms with E-state index in [-0.39, 0.29) is 12.1 Å². The first-order valence-electron chi connectivity index (χ1n) is 8.25. The van der Waals surface area contributed by atoms with Crippen molar-refractivity contribution < 1.29 is 27.5 Å². The third-order valence-electron chi connectivity index (χ3n) is 4.01. The third-order valence-corrected chi connectivity index (χ3v) is 4.01. The van der Waals surface area contributed by atoms with Crippen molar-refractivity contribution in [3.05, 3.63) is 65.4 Å². The highest BCUT2D eigenvalue weighted by molar-refractivity contribution is 5.95. The van der Waals surface area contributed by atoms with Gasteiger partial charge in [0, 0.05) is 22.7 Å². The first kappa shape index (κ1) is 18.6. The average molecular weight is 373 g/mol. The summed E-state index contributed by atoms with van der Waals surface area (Å²) in [5.74, 6) is -3.36. The van der Waals surface area contributed by atoms with E-state index in [9.17, 15) is 18.4 Å². The predicted octanol–water partition coefficient (Wildman–Crippen LogP) is 4.13. The van der Waals surface area contributed by atoms with Gasteiger partial charge in [-0.2, -0.15) is 0 Å². The van der Waals surface area contributed by atoms with Gasteiger partial charge >= 0.3 is 5.97 Å². The number of hydrogen-bond acceptors (Lipinski definition) is 4. The van der Waals surface area contributed by atoms with Crippen molar-refractivity contribution in [2.45, 2.75) is 26.4 Å². The van der Waals surface area contributed by atoms with Gasteiger partial charge in [0.2, 0.25) is 0 Å². The number of esters is 1. The number of fused-ring (bicyclic) bond motifs is 1. The molecular weight excluding hydrogens is 356 g/mol. The number of benzene rings is 2. The number of amides is 1. The predicted molar refractivity (Wildman–Crippen MR) is 95.2 cm³/mol. The van der Waals surface area contributed by atoms with Crippen LogP contribution in [0.15, 0.2) is 47.1 Å². The van der Waals surface area contributed by atoms with Crippen LogP contribution in [0.2, 0.25) is 0 Å². The maximum absolute atomic E-state index is 13.2. The number of rotatable bonds is 5. The zero-order valence-electron chi connectivity index (χ0n) is 14.7. The van der Waals surface area contributed by atoms with Crippen LogP contribution in [0.1, 0.15) is 18.1 Å². The smallest absolute Gasteiger partial charge is 0.311 e. The summed E-state index contributed by atoms with van der Waals surface area (Å²) >= 11 is 0. The Hall–Kier alpha value is -3.22. The maximum Gasteiger partial charge on any atom is 0.311 e. The van der Waals surface area contributed by atoms with E-state index < -0.39 is 29.6 Å². The van der Waals surface area contributed by atoms with E-state index in [1.807, 2.05) is 25.1 Å². The molecule has 1 N–H and O–H groups in total. The summed E-state index contributed by atoms with van der Waals surface area (Å²) in [5.41, 5.74) is 2.43. The third kappa shape index (κ3) is 4.31. The fourth-order valence-corrected chi connectivity index (χ4v) is 2.59. The van der Waals surface area contributed by atoms with Crippen molar-refractivity contribution in [1.29, 1.82) is 0 Å². The van der Waals surface area contributed by atoms with Crippen LogP contribution in [-0.4, -0.2) is 18.0 Å². The van der Waals surface area contributed by atoms with Crippen LogP contribution in [0.5, 0.6) is 0 Å². The van der Waals surface area contributed by atoms with Crippen LogP contribution in [0.3, 0.4) is 0 Å². The summed E-state index contributed by atoms with van der Waals surface area (Å²) in [6, 6.07) is 8.59. The number of carbonyl (C=O) groups is 2. The molecule has 2 aromatic carbocycles. The second kappa shape index (κ2) is 7.57. The van der Waals surface area contributed by atoms with Gasteiger partial charge in [-0.1, -0.05) is 12.1 Å². The molecule has 1 heterocycles. The van der Waals surface area contributed by atoms with Gasteiger partial charge in [-0.3, -0.25) is 9.59 Å². The first-order chi connectivity index (χ1) is 12.8. The Kier molecular flexibility index (Phi) is 5.21. The monoisotopic (exact) mass is 373 g/mol. The van der Waals surface area contributed by atoms with Gasteiger partial charge in [-0.25, -0.2) is 8.78 Å². The minimum Gasteiger partial charge on any atom is -0.464 e. The van der Waals surface area contributed by atoms with E-state index >= 15 is 0 Å². The molecule has 0 saturated heterocycles. The van der Waals surface area contributed by atoms with E-state index in [0.717, 1.165) is 23.1 Å². The number of anilines is 1. The Morgan fingerprint density at radius 1 is 1.15 bits per heavy atom. The van der Waals surface area contributed by atoms with Crippen LogP contribution >= 0.6 is 0 Å². The Morgan fingerprint density at radius 3 is 2.67 bits per heavy atom. The van der Waals surface area contributed by atoms with E-state index in [2.05, 4.69) is 5.32 Å². The number of nitrogens with one attached hydrogen (secondary N) is 1.